The number of aryl methyl sites for hydroxylation is 3. The molecular formula is C26H38N4O2. The van der Waals surface area contributed by atoms with E-state index in [1.165, 1.54) is 11.1 Å². The van der Waals surface area contributed by atoms with E-state index in [1.54, 1.807) is 14.0 Å². The van der Waals surface area contributed by atoms with Crippen LogP contribution >= 0.6 is 0 Å². The normalized spacial score (nSPS) is 14.6. The van der Waals surface area contributed by atoms with Gasteiger partial charge < -0.3 is 9.64 Å². The third-order valence-corrected chi connectivity index (χ3v) is 6.56. The molecule has 0 unspecified atom stereocenters. The lowest BCUT2D eigenvalue weighted by molar-refractivity contribution is -0.130. The fourth-order valence-electron chi connectivity index (χ4n) is 4.59. The molecule has 6 nitrogen and oxygen atoms in total. The number of methoxy groups -OCH3 is 1. The maximum absolute atomic E-state index is 11.5. The Morgan fingerprint density at radius 1 is 1.03 bits per heavy atom. The monoisotopic (exact) mass is 438 g/mol. The third-order valence-electron chi connectivity index (χ3n) is 6.56. The predicted molar refractivity (Wildman–Crippen MR) is 129 cm³/mol. The van der Waals surface area contributed by atoms with E-state index in [4.69, 9.17) is 14.7 Å². The zero-order chi connectivity index (χ0) is 23.1. The lowest BCUT2D eigenvalue weighted by atomic mass is 9.96. The number of carbonyl (C=O) groups is 1. The van der Waals surface area contributed by atoms with Crippen LogP contribution in [0.3, 0.4) is 0 Å². The van der Waals surface area contributed by atoms with Crippen molar-refractivity contribution in [3.8, 4) is 17.3 Å². The van der Waals surface area contributed by atoms with Crippen LogP contribution in [-0.4, -0.2) is 65.5 Å². The van der Waals surface area contributed by atoms with Crippen LogP contribution in [0.2, 0.25) is 0 Å². The molecule has 1 fully saturated rings. The molecular weight excluding hydrogens is 400 g/mol. The summed E-state index contributed by atoms with van der Waals surface area (Å²) in [6.45, 7) is 12.8. The molecule has 1 aliphatic rings. The van der Waals surface area contributed by atoms with Crippen LogP contribution < -0.4 is 4.74 Å². The molecule has 0 aliphatic carbocycles. The van der Waals surface area contributed by atoms with Crippen LogP contribution in [0, 0.1) is 6.92 Å². The number of carbonyl (C=O) groups excluding carboxylic acids is 1. The molecule has 1 aromatic heterocycles. The smallest absolute Gasteiger partial charge is 0.220 e. The molecule has 0 saturated carbocycles. The minimum atomic E-state index is 0.184. The van der Waals surface area contributed by atoms with Crippen molar-refractivity contribution in [2.24, 2.45) is 0 Å². The van der Waals surface area contributed by atoms with Gasteiger partial charge in [0.15, 0.2) is 5.82 Å². The van der Waals surface area contributed by atoms with Crippen molar-refractivity contribution in [3.05, 3.63) is 40.6 Å². The van der Waals surface area contributed by atoms with Crippen LogP contribution in [0.1, 0.15) is 56.0 Å². The predicted octanol–water partition coefficient (Wildman–Crippen LogP) is 4.07. The Labute approximate surface area is 193 Å². The average Bonchev–Trinajstić information content (AvgIpc) is 2.81. The van der Waals surface area contributed by atoms with Crippen molar-refractivity contribution in [1.29, 1.82) is 0 Å². The van der Waals surface area contributed by atoms with Crippen LogP contribution in [-0.2, 0) is 24.1 Å². The first-order valence-corrected chi connectivity index (χ1v) is 12.0. The van der Waals surface area contributed by atoms with E-state index in [9.17, 15) is 4.79 Å². The lowest BCUT2D eigenvalue weighted by Crippen LogP contribution is -2.48. The highest BCUT2D eigenvalue weighted by Gasteiger charge is 2.19. The Morgan fingerprint density at radius 2 is 1.69 bits per heavy atom. The van der Waals surface area contributed by atoms with E-state index in [0.29, 0.717) is 5.88 Å². The summed E-state index contributed by atoms with van der Waals surface area (Å²) in [6, 6.07) is 6.47. The highest BCUT2D eigenvalue weighted by Crippen LogP contribution is 2.30. The fraction of sp³-hybridized carbons (Fsp3) is 0.577. The number of hydrogen-bond donors (Lipinski definition) is 0. The number of rotatable bonds is 9. The molecule has 0 atom stereocenters. The van der Waals surface area contributed by atoms with Crippen molar-refractivity contribution < 1.29 is 9.53 Å². The molecule has 0 spiro atoms. The lowest BCUT2D eigenvalue weighted by Gasteiger charge is -2.34. The number of amides is 1. The SMILES string of the molecule is CCc1cccc(CC)c1-c1nc(C)c(CCCCN2CCN(C(C)=O)CC2)c(OC)n1. The molecule has 174 valence electrons. The van der Waals surface area contributed by atoms with Crippen molar-refractivity contribution in [2.75, 3.05) is 39.8 Å². The van der Waals surface area contributed by atoms with Gasteiger partial charge in [0, 0.05) is 49.9 Å². The Morgan fingerprint density at radius 3 is 2.25 bits per heavy atom. The Kier molecular flexibility index (Phi) is 8.62. The van der Waals surface area contributed by atoms with Crippen molar-refractivity contribution in [3.63, 3.8) is 0 Å². The van der Waals surface area contributed by atoms with Gasteiger partial charge in [-0.05, 0) is 56.7 Å². The highest BCUT2D eigenvalue weighted by atomic mass is 16.5. The molecule has 1 aliphatic heterocycles. The second kappa shape index (κ2) is 11.4. The highest BCUT2D eigenvalue weighted by molar-refractivity contribution is 5.73. The van der Waals surface area contributed by atoms with Gasteiger partial charge in [-0.25, -0.2) is 4.98 Å². The summed E-state index contributed by atoms with van der Waals surface area (Å²) in [5.74, 6) is 1.67. The number of unbranched alkanes of at least 4 members (excludes halogenated alkanes) is 1. The van der Waals surface area contributed by atoms with Crippen molar-refractivity contribution in [2.45, 2.75) is 59.8 Å². The number of nitrogens with zero attached hydrogens (tertiary/aromatic N) is 4. The standard InChI is InChI=1S/C26H38N4O2/c1-6-21-11-10-12-22(7-2)24(21)25-27-19(3)23(26(28-25)32-5)13-8-9-14-29-15-17-30(18-16-29)20(4)31/h10-12H,6-9,13-18H2,1-5H3. The quantitative estimate of drug-likeness (QED) is 0.552. The molecule has 1 amide bonds. The van der Waals surface area contributed by atoms with E-state index < -0.39 is 0 Å². The second-order valence-electron chi connectivity index (χ2n) is 8.58. The number of piperazine rings is 1. The Bertz CT molecular complexity index is 898. The molecule has 2 heterocycles. The minimum absolute atomic E-state index is 0.184. The molecule has 1 saturated heterocycles. The van der Waals surface area contributed by atoms with E-state index in [1.807, 2.05) is 4.90 Å². The maximum Gasteiger partial charge on any atom is 0.220 e. The van der Waals surface area contributed by atoms with Gasteiger partial charge in [0.1, 0.15) is 0 Å². The first-order valence-electron chi connectivity index (χ1n) is 12.0. The van der Waals surface area contributed by atoms with E-state index in [0.717, 1.165) is 87.5 Å². The first kappa shape index (κ1) is 24.2. The van der Waals surface area contributed by atoms with Crippen LogP contribution in [0.5, 0.6) is 5.88 Å². The van der Waals surface area contributed by atoms with Gasteiger partial charge in [-0.2, -0.15) is 4.98 Å². The van der Waals surface area contributed by atoms with Gasteiger partial charge in [0.25, 0.3) is 0 Å². The summed E-state index contributed by atoms with van der Waals surface area (Å²) in [6.07, 6.45) is 5.01. The van der Waals surface area contributed by atoms with Crippen LogP contribution in [0.25, 0.3) is 11.4 Å². The second-order valence-corrected chi connectivity index (χ2v) is 8.58. The zero-order valence-corrected chi connectivity index (χ0v) is 20.4. The van der Waals surface area contributed by atoms with Crippen LogP contribution in [0.15, 0.2) is 18.2 Å². The summed E-state index contributed by atoms with van der Waals surface area (Å²) in [7, 11) is 1.70. The zero-order valence-electron chi connectivity index (χ0n) is 20.4. The summed E-state index contributed by atoms with van der Waals surface area (Å²) >= 11 is 0. The summed E-state index contributed by atoms with van der Waals surface area (Å²) in [5.41, 5.74) is 5.85. The van der Waals surface area contributed by atoms with E-state index in [-0.39, 0.29) is 5.91 Å². The van der Waals surface area contributed by atoms with Gasteiger partial charge in [-0.15, -0.1) is 0 Å². The van der Waals surface area contributed by atoms with Crippen molar-refractivity contribution in [1.82, 2.24) is 19.8 Å². The van der Waals surface area contributed by atoms with Crippen LogP contribution in [0.4, 0.5) is 0 Å². The molecule has 0 radical (unpaired) electrons. The number of hydrogen-bond acceptors (Lipinski definition) is 5. The van der Waals surface area contributed by atoms with E-state index >= 15 is 0 Å². The number of aromatic nitrogens is 2. The van der Waals surface area contributed by atoms with Gasteiger partial charge in [0.2, 0.25) is 11.8 Å². The number of benzene rings is 1. The maximum atomic E-state index is 11.5. The topological polar surface area (TPSA) is 58.6 Å². The molecule has 2 aromatic rings. The molecule has 0 N–H and O–H groups in total. The summed E-state index contributed by atoms with van der Waals surface area (Å²) in [5, 5.41) is 0. The molecule has 3 rings (SSSR count). The van der Waals surface area contributed by atoms with Gasteiger partial charge in [-0.1, -0.05) is 32.0 Å². The molecule has 1 aromatic carbocycles. The molecule has 32 heavy (non-hydrogen) atoms. The largest absolute Gasteiger partial charge is 0.481 e. The Balaban J connectivity index is 1.66. The Hall–Kier alpha value is -2.47. The number of ether oxygens (including phenoxy) is 1. The average molecular weight is 439 g/mol. The summed E-state index contributed by atoms with van der Waals surface area (Å²) in [4.78, 5) is 25.7. The summed E-state index contributed by atoms with van der Waals surface area (Å²) < 4.78 is 5.72. The minimum Gasteiger partial charge on any atom is -0.481 e. The first-order chi connectivity index (χ1) is 15.5. The van der Waals surface area contributed by atoms with Gasteiger partial charge in [-0.3, -0.25) is 9.69 Å². The van der Waals surface area contributed by atoms with Crippen molar-refractivity contribution >= 4 is 5.91 Å². The van der Waals surface area contributed by atoms with Gasteiger partial charge in [0.05, 0.1) is 7.11 Å². The molecule has 0 bridgehead atoms. The van der Waals surface area contributed by atoms with Gasteiger partial charge >= 0.3 is 0 Å². The third kappa shape index (κ3) is 5.66. The van der Waals surface area contributed by atoms with E-state index in [2.05, 4.69) is 43.9 Å². The molecule has 6 heteroatoms. The fourth-order valence-corrected chi connectivity index (χ4v) is 4.59.